The lowest BCUT2D eigenvalue weighted by Crippen LogP contribution is -2.32. The zero-order valence-corrected chi connectivity index (χ0v) is 22.1. The highest BCUT2D eigenvalue weighted by Crippen LogP contribution is 2.35. The highest BCUT2D eigenvalue weighted by Gasteiger charge is 2.27. The fraction of sp³-hybridized carbons (Fsp3) is 0.233. The molecule has 6 N–H and O–H groups in total. The summed E-state index contributed by atoms with van der Waals surface area (Å²) in [7, 11) is 0. The highest BCUT2D eigenvalue weighted by molar-refractivity contribution is 7.20. The van der Waals surface area contributed by atoms with Crippen LogP contribution in [0.5, 0.6) is 0 Å². The first-order valence-corrected chi connectivity index (χ1v) is 13.7. The van der Waals surface area contributed by atoms with Crippen LogP contribution in [0.15, 0.2) is 72.8 Å². The van der Waals surface area contributed by atoms with Gasteiger partial charge in [-0.05, 0) is 65.3 Å². The van der Waals surface area contributed by atoms with Gasteiger partial charge >= 0.3 is 12.0 Å². The maximum atomic E-state index is 13.3. The van der Waals surface area contributed by atoms with Crippen LogP contribution in [0.2, 0.25) is 0 Å². The van der Waals surface area contributed by atoms with Gasteiger partial charge in [0.1, 0.15) is 17.1 Å². The van der Waals surface area contributed by atoms with Crippen LogP contribution >= 0.6 is 11.3 Å². The Hall–Kier alpha value is -4.21. The number of carbonyl (C=O) groups excluding carboxylic acids is 3. The van der Waals surface area contributed by atoms with Crippen molar-refractivity contribution in [2.75, 3.05) is 5.32 Å². The van der Waals surface area contributed by atoms with Crippen LogP contribution in [-0.2, 0) is 16.1 Å². The summed E-state index contributed by atoms with van der Waals surface area (Å²) in [6.45, 7) is 0.447. The number of carbonyl (C=O) groups is 3. The summed E-state index contributed by atoms with van der Waals surface area (Å²) >= 11 is 1.22. The number of anilines is 1. The normalized spacial score (nSPS) is 14.3. The van der Waals surface area contributed by atoms with Crippen molar-refractivity contribution in [2.45, 2.75) is 44.4 Å². The Bertz CT molecular complexity index is 1510. The molecular weight excluding hydrogens is 512 g/mol. The summed E-state index contributed by atoms with van der Waals surface area (Å²) in [5.74, 6) is -0.910. The van der Waals surface area contributed by atoms with Crippen molar-refractivity contribution in [2.24, 2.45) is 11.5 Å². The molecular formula is C30H30N4O4S. The van der Waals surface area contributed by atoms with E-state index in [2.05, 4.69) is 10.6 Å². The number of nitrogens with two attached hydrogens (primary N) is 2. The molecule has 0 unspecified atom stereocenters. The molecule has 0 bridgehead atoms. The van der Waals surface area contributed by atoms with Crippen LogP contribution in [0.1, 0.15) is 53.2 Å². The van der Waals surface area contributed by atoms with Crippen molar-refractivity contribution in [3.05, 3.63) is 89.5 Å². The van der Waals surface area contributed by atoms with Gasteiger partial charge in [0.2, 0.25) is 0 Å². The van der Waals surface area contributed by atoms with E-state index >= 15 is 0 Å². The number of hydrogen-bond donors (Lipinski definition) is 4. The molecule has 0 saturated heterocycles. The van der Waals surface area contributed by atoms with Gasteiger partial charge in [-0.1, -0.05) is 60.7 Å². The molecule has 1 atom stereocenters. The molecule has 1 aliphatic rings. The first kappa shape index (κ1) is 26.4. The van der Waals surface area contributed by atoms with Gasteiger partial charge in [-0.15, -0.1) is 11.3 Å². The van der Waals surface area contributed by atoms with Gasteiger partial charge < -0.3 is 16.2 Å². The second-order valence-electron chi connectivity index (χ2n) is 9.67. The number of amides is 3. The lowest BCUT2D eigenvalue weighted by Gasteiger charge is -2.21. The third kappa shape index (κ3) is 6.27. The summed E-state index contributed by atoms with van der Waals surface area (Å²) in [5, 5.41) is 8.35. The number of nitrogens with one attached hydrogen (secondary N) is 2. The molecule has 8 nitrogen and oxygen atoms in total. The molecule has 1 heterocycles. The summed E-state index contributed by atoms with van der Waals surface area (Å²) < 4.78 is 5.89. The smallest absolute Gasteiger partial charge is 0.328 e. The molecule has 1 aliphatic carbocycles. The van der Waals surface area contributed by atoms with E-state index in [0.717, 1.165) is 58.0 Å². The number of rotatable bonds is 9. The standard InChI is InChI=1S/C30H30N4O4S/c31-27(35)24-16-25(39-28(24)34-30(32)37)20-11-9-18(10-12-20)17-33-26(29(36)38-23-7-3-4-8-23)22-14-13-19-5-1-2-6-21(19)15-22/h1-2,5-6,9-16,23,26,33H,3-4,7-8,17H2,(H2,31,35)(H3,32,34,37)/t26-/m0/s1. The van der Waals surface area contributed by atoms with Gasteiger partial charge in [0, 0.05) is 11.4 Å². The summed E-state index contributed by atoms with van der Waals surface area (Å²) in [5.41, 5.74) is 13.6. The summed E-state index contributed by atoms with van der Waals surface area (Å²) in [6, 6.07) is 22.1. The monoisotopic (exact) mass is 542 g/mol. The Kier molecular flexibility index (Phi) is 7.90. The first-order valence-electron chi connectivity index (χ1n) is 12.9. The van der Waals surface area contributed by atoms with Gasteiger partial charge in [-0.25, -0.2) is 9.59 Å². The summed E-state index contributed by atoms with van der Waals surface area (Å²) in [4.78, 5) is 37.2. The predicted molar refractivity (Wildman–Crippen MR) is 153 cm³/mol. The van der Waals surface area contributed by atoms with E-state index in [-0.39, 0.29) is 17.6 Å². The fourth-order valence-electron chi connectivity index (χ4n) is 4.89. The molecule has 0 aliphatic heterocycles. The van der Waals surface area contributed by atoms with E-state index < -0.39 is 18.0 Å². The van der Waals surface area contributed by atoms with E-state index in [1.807, 2.05) is 66.7 Å². The predicted octanol–water partition coefficient (Wildman–Crippen LogP) is 5.47. The summed E-state index contributed by atoms with van der Waals surface area (Å²) in [6.07, 6.45) is 3.97. The number of thiophene rings is 1. The van der Waals surface area contributed by atoms with Gasteiger partial charge in [-0.3, -0.25) is 15.4 Å². The minimum atomic E-state index is -0.764. The van der Waals surface area contributed by atoms with E-state index in [1.54, 1.807) is 6.07 Å². The number of benzene rings is 3. The minimum absolute atomic E-state index is 0.0217. The highest BCUT2D eigenvalue weighted by atomic mass is 32.1. The van der Waals surface area contributed by atoms with Gasteiger partial charge in [0.15, 0.2) is 0 Å². The average Bonchev–Trinajstić information content (AvgIpc) is 3.59. The van der Waals surface area contributed by atoms with Crippen molar-refractivity contribution in [3.63, 3.8) is 0 Å². The Morgan fingerprint density at radius 2 is 1.64 bits per heavy atom. The van der Waals surface area contributed by atoms with E-state index in [4.69, 9.17) is 16.2 Å². The number of primary amides is 2. The second-order valence-corrected chi connectivity index (χ2v) is 10.7. The lowest BCUT2D eigenvalue weighted by atomic mass is 10.0. The maximum Gasteiger partial charge on any atom is 0.328 e. The van der Waals surface area contributed by atoms with Crippen LogP contribution < -0.4 is 22.1 Å². The Labute approximate surface area is 230 Å². The van der Waals surface area contributed by atoms with E-state index in [0.29, 0.717) is 11.5 Å². The van der Waals surface area contributed by atoms with Crippen molar-refractivity contribution in [1.82, 2.24) is 5.32 Å². The van der Waals surface area contributed by atoms with Gasteiger partial charge in [0.05, 0.1) is 5.56 Å². The lowest BCUT2D eigenvalue weighted by molar-refractivity contribution is -0.151. The number of urea groups is 1. The van der Waals surface area contributed by atoms with Gasteiger partial charge in [0.25, 0.3) is 5.91 Å². The van der Waals surface area contributed by atoms with Crippen molar-refractivity contribution >= 4 is 45.0 Å². The zero-order chi connectivity index (χ0) is 27.4. The molecule has 1 saturated carbocycles. The number of esters is 1. The molecule has 39 heavy (non-hydrogen) atoms. The zero-order valence-electron chi connectivity index (χ0n) is 21.3. The number of ether oxygens (including phenoxy) is 1. The van der Waals surface area contributed by atoms with Gasteiger partial charge in [-0.2, -0.15) is 0 Å². The molecule has 0 radical (unpaired) electrons. The molecule has 200 valence electrons. The fourth-order valence-corrected chi connectivity index (χ4v) is 5.96. The molecule has 1 fully saturated rings. The third-order valence-corrected chi connectivity index (χ3v) is 8.01. The van der Waals surface area contributed by atoms with Crippen molar-refractivity contribution in [1.29, 1.82) is 0 Å². The van der Waals surface area contributed by atoms with Crippen LogP contribution in [-0.4, -0.2) is 24.0 Å². The van der Waals surface area contributed by atoms with Crippen molar-refractivity contribution in [3.8, 4) is 10.4 Å². The van der Waals surface area contributed by atoms with Crippen LogP contribution in [0, 0.1) is 0 Å². The topological polar surface area (TPSA) is 137 Å². The molecule has 5 rings (SSSR count). The minimum Gasteiger partial charge on any atom is -0.461 e. The Morgan fingerprint density at radius 1 is 0.923 bits per heavy atom. The van der Waals surface area contributed by atoms with Crippen LogP contribution in [0.3, 0.4) is 0 Å². The van der Waals surface area contributed by atoms with E-state index in [9.17, 15) is 14.4 Å². The average molecular weight is 543 g/mol. The molecule has 4 aromatic rings. The Morgan fingerprint density at radius 3 is 2.33 bits per heavy atom. The van der Waals surface area contributed by atoms with Crippen LogP contribution in [0.4, 0.5) is 9.80 Å². The maximum absolute atomic E-state index is 13.3. The second kappa shape index (κ2) is 11.7. The number of hydrogen-bond acceptors (Lipinski definition) is 6. The molecule has 3 aromatic carbocycles. The molecule has 3 amide bonds. The molecule has 1 aromatic heterocycles. The van der Waals surface area contributed by atoms with Crippen molar-refractivity contribution < 1.29 is 19.1 Å². The van der Waals surface area contributed by atoms with E-state index in [1.165, 1.54) is 11.3 Å². The SMILES string of the molecule is NC(=O)Nc1sc(-c2ccc(CN[C@H](C(=O)OC3CCCC3)c3ccc4ccccc4c3)cc2)cc1C(N)=O. The largest absolute Gasteiger partial charge is 0.461 e. The number of fused-ring (bicyclic) bond motifs is 1. The van der Waals surface area contributed by atoms with Crippen LogP contribution in [0.25, 0.3) is 21.2 Å². The first-order chi connectivity index (χ1) is 18.9. The third-order valence-electron chi connectivity index (χ3n) is 6.91. The quantitative estimate of drug-likeness (QED) is 0.208. The molecule has 0 spiro atoms. The molecule has 9 heteroatoms. The Balaban J connectivity index is 1.34.